The van der Waals surface area contributed by atoms with Crippen molar-refractivity contribution in [1.82, 2.24) is 0 Å². The summed E-state index contributed by atoms with van der Waals surface area (Å²) in [5, 5.41) is 0. The number of sulfonamides is 1. The number of hydrogen-bond donors (Lipinski definition) is 2. The van der Waals surface area contributed by atoms with E-state index in [-0.39, 0.29) is 4.90 Å². The van der Waals surface area contributed by atoms with Crippen LogP contribution in [-0.4, -0.2) is 8.42 Å². The predicted molar refractivity (Wildman–Crippen MR) is 93.0 cm³/mol. The van der Waals surface area contributed by atoms with Crippen molar-refractivity contribution in [2.75, 3.05) is 10.5 Å². The first kappa shape index (κ1) is 16.3. The maximum Gasteiger partial charge on any atom is 0.262 e. The van der Waals surface area contributed by atoms with Gasteiger partial charge < -0.3 is 5.73 Å². The zero-order valence-corrected chi connectivity index (χ0v) is 15.4. The first-order chi connectivity index (χ1) is 9.70. The van der Waals surface area contributed by atoms with Gasteiger partial charge >= 0.3 is 0 Å². The summed E-state index contributed by atoms with van der Waals surface area (Å²) in [6, 6.07) is 8.50. The molecule has 0 amide bonds. The van der Waals surface area contributed by atoms with Crippen molar-refractivity contribution in [1.29, 1.82) is 0 Å². The largest absolute Gasteiger partial charge is 0.398 e. The number of halogens is 2. The van der Waals surface area contributed by atoms with Gasteiger partial charge in [0.1, 0.15) is 0 Å². The van der Waals surface area contributed by atoms with Crippen molar-refractivity contribution >= 4 is 53.3 Å². The summed E-state index contributed by atoms with van der Waals surface area (Å²) in [6.07, 6.45) is 0. The van der Waals surface area contributed by atoms with E-state index in [9.17, 15) is 8.42 Å². The van der Waals surface area contributed by atoms with E-state index in [4.69, 9.17) is 5.73 Å². The van der Waals surface area contributed by atoms with Crippen molar-refractivity contribution in [2.24, 2.45) is 0 Å². The van der Waals surface area contributed by atoms with Gasteiger partial charge in [0, 0.05) is 14.6 Å². The summed E-state index contributed by atoms with van der Waals surface area (Å²) >= 11 is 6.64. The molecule has 2 aromatic carbocycles. The summed E-state index contributed by atoms with van der Waals surface area (Å²) in [5.41, 5.74) is 8.16. The Balaban J connectivity index is 2.46. The Kier molecular flexibility index (Phi) is 4.65. The van der Waals surface area contributed by atoms with Crippen LogP contribution in [0.5, 0.6) is 0 Å². The minimum atomic E-state index is -3.68. The molecule has 21 heavy (non-hydrogen) atoms. The molecule has 2 rings (SSSR count). The van der Waals surface area contributed by atoms with Gasteiger partial charge in [0.2, 0.25) is 0 Å². The van der Waals surface area contributed by atoms with Crippen LogP contribution < -0.4 is 10.5 Å². The first-order valence-electron chi connectivity index (χ1n) is 6.05. The summed E-state index contributed by atoms with van der Waals surface area (Å²) in [6.45, 7) is 3.57. The van der Waals surface area contributed by atoms with Gasteiger partial charge in [-0.2, -0.15) is 0 Å². The molecule has 0 aromatic heterocycles. The first-order valence-corrected chi connectivity index (χ1v) is 9.12. The van der Waals surface area contributed by atoms with Crippen molar-refractivity contribution in [3.8, 4) is 0 Å². The molecule has 0 fully saturated rings. The lowest BCUT2D eigenvalue weighted by molar-refractivity contribution is 0.600. The molecular formula is C14H14Br2N2O2S. The summed E-state index contributed by atoms with van der Waals surface area (Å²) in [4.78, 5) is 0.172. The number of hydrogen-bond acceptors (Lipinski definition) is 3. The highest BCUT2D eigenvalue weighted by atomic mass is 79.9. The molecule has 0 atom stereocenters. The smallest absolute Gasteiger partial charge is 0.262 e. The third-order valence-electron chi connectivity index (χ3n) is 3.02. The lowest BCUT2D eigenvalue weighted by atomic mass is 10.2. The fourth-order valence-corrected chi connectivity index (χ4v) is 4.23. The van der Waals surface area contributed by atoms with Crippen LogP contribution >= 0.6 is 31.9 Å². The quantitative estimate of drug-likeness (QED) is 0.712. The van der Waals surface area contributed by atoms with Crippen LogP contribution in [0, 0.1) is 13.8 Å². The molecular weight excluding hydrogens is 420 g/mol. The second-order valence-corrected chi connectivity index (χ2v) is 8.12. The van der Waals surface area contributed by atoms with Crippen LogP contribution in [-0.2, 0) is 10.0 Å². The van der Waals surface area contributed by atoms with Gasteiger partial charge in [-0.15, -0.1) is 0 Å². The third kappa shape index (κ3) is 3.59. The van der Waals surface area contributed by atoms with Gasteiger partial charge in [0.15, 0.2) is 0 Å². The van der Waals surface area contributed by atoms with E-state index < -0.39 is 10.0 Å². The molecule has 0 radical (unpaired) electrons. The van der Waals surface area contributed by atoms with E-state index in [0.29, 0.717) is 21.4 Å². The van der Waals surface area contributed by atoms with Crippen molar-refractivity contribution in [2.45, 2.75) is 18.7 Å². The summed E-state index contributed by atoms with van der Waals surface area (Å²) in [7, 11) is -3.68. The second-order valence-electron chi connectivity index (χ2n) is 4.70. The number of nitrogens with one attached hydrogen (secondary N) is 1. The van der Waals surface area contributed by atoms with Gasteiger partial charge in [0.25, 0.3) is 10.0 Å². The van der Waals surface area contributed by atoms with Gasteiger partial charge in [-0.25, -0.2) is 8.42 Å². The number of aryl methyl sites for hydroxylation is 2. The van der Waals surface area contributed by atoms with Crippen molar-refractivity contribution in [3.63, 3.8) is 0 Å². The van der Waals surface area contributed by atoms with Crippen LogP contribution in [0.2, 0.25) is 0 Å². The average molecular weight is 434 g/mol. The normalized spacial score (nSPS) is 11.4. The van der Waals surface area contributed by atoms with Gasteiger partial charge in [-0.1, -0.05) is 15.9 Å². The second kappa shape index (κ2) is 5.98. The number of benzene rings is 2. The average Bonchev–Trinajstić information content (AvgIpc) is 2.37. The maximum absolute atomic E-state index is 12.5. The number of nitrogens with two attached hydrogens (primary N) is 1. The molecule has 2 aromatic rings. The molecule has 3 N–H and O–H groups in total. The molecule has 0 aliphatic carbocycles. The summed E-state index contributed by atoms with van der Waals surface area (Å²) < 4.78 is 29.2. The van der Waals surface area contributed by atoms with Crippen LogP contribution in [0.1, 0.15) is 11.1 Å². The molecule has 0 bridgehead atoms. The topological polar surface area (TPSA) is 72.2 Å². The Bertz CT molecular complexity index is 805. The molecule has 0 heterocycles. The van der Waals surface area contributed by atoms with Gasteiger partial charge in [-0.3, -0.25) is 4.72 Å². The Hall–Kier alpha value is -1.05. The Morgan fingerprint density at radius 3 is 2.33 bits per heavy atom. The minimum Gasteiger partial charge on any atom is -0.398 e. The highest BCUT2D eigenvalue weighted by Gasteiger charge is 2.19. The van der Waals surface area contributed by atoms with Crippen molar-refractivity contribution in [3.05, 3.63) is 50.4 Å². The van der Waals surface area contributed by atoms with Crippen molar-refractivity contribution < 1.29 is 8.42 Å². The molecule has 0 aliphatic heterocycles. The zero-order valence-electron chi connectivity index (χ0n) is 11.4. The Labute approximate surface area is 141 Å². The summed E-state index contributed by atoms with van der Waals surface area (Å²) in [5.74, 6) is 0. The molecule has 0 aliphatic rings. The Morgan fingerprint density at radius 1 is 1.05 bits per heavy atom. The molecule has 4 nitrogen and oxygen atoms in total. The highest BCUT2D eigenvalue weighted by molar-refractivity contribution is 9.10. The van der Waals surface area contributed by atoms with Crippen LogP contribution in [0.25, 0.3) is 0 Å². The van der Waals surface area contributed by atoms with E-state index in [2.05, 4.69) is 36.6 Å². The zero-order chi connectivity index (χ0) is 15.8. The highest BCUT2D eigenvalue weighted by Crippen LogP contribution is 2.29. The number of nitrogen functional groups attached to an aromatic ring is 1. The molecule has 7 heteroatoms. The molecule has 0 saturated carbocycles. The maximum atomic E-state index is 12.5. The third-order valence-corrected chi connectivity index (χ3v) is 5.70. The molecule has 0 unspecified atom stereocenters. The van der Waals surface area contributed by atoms with Crippen LogP contribution in [0.4, 0.5) is 11.4 Å². The molecule has 0 saturated heterocycles. The molecule has 112 valence electrons. The predicted octanol–water partition coefficient (Wildman–Crippen LogP) is 4.21. The van der Waals surface area contributed by atoms with Crippen LogP contribution in [0.3, 0.4) is 0 Å². The standard InChI is InChI=1S/C14H14Br2N2O2S/c1-8-5-10(15)3-4-13(8)18-21(19,20)14-7-12(17)11(16)6-9(14)2/h3-7,18H,17H2,1-2H3. The van der Waals surface area contributed by atoms with E-state index in [1.807, 2.05) is 13.0 Å². The number of rotatable bonds is 3. The fraction of sp³-hybridized carbons (Fsp3) is 0.143. The van der Waals surface area contributed by atoms with E-state index >= 15 is 0 Å². The SMILES string of the molecule is Cc1cc(Br)ccc1NS(=O)(=O)c1cc(N)c(Br)cc1C. The monoisotopic (exact) mass is 432 g/mol. The van der Waals surface area contributed by atoms with E-state index in [0.717, 1.165) is 10.0 Å². The molecule has 0 spiro atoms. The fourth-order valence-electron chi connectivity index (χ4n) is 1.90. The lowest BCUT2D eigenvalue weighted by Crippen LogP contribution is -2.15. The van der Waals surface area contributed by atoms with E-state index in [1.165, 1.54) is 6.07 Å². The van der Waals surface area contributed by atoms with Gasteiger partial charge in [0.05, 0.1) is 10.6 Å². The minimum absolute atomic E-state index is 0.172. The number of anilines is 2. The Morgan fingerprint density at radius 2 is 1.71 bits per heavy atom. The lowest BCUT2D eigenvalue weighted by Gasteiger charge is -2.13. The van der Waals surface area contributed by atoms with Gasteiger partial charge in [-0.05, 0) is 71.2 Å². The van der Waals surface area contributed by atoms with Crippen LogP contribution in [0.15, 0.2) is 44.2 Å². The van der Waals surface area contributed by atoms with E-state index in [1.54, 1.807) is 25.1 Å².